The Balaban J connectivity index is 4.25. The molecule has 1 nitrogen and oxygen atoms in total. The summed E-state index contributed by atoms with van der Waals surface area (Å²) in [4.78, 5) is 2.53. The van der Waals surface area contributed by atoms with Crippen LogP contribution in [0.3, 0.4) is 0 Å². The van der Waals surface area contributed by atoms with Gasteiger partial charge in [-0.05, 0) is 32.1 Å². The summed E-state index contributed by atoms with van der Waals surface area (Å²) in [5.74, 6) is 0. The zero-order valence-electron chi connectivity index (χ0n) is 14.4. The van der Waals surface area contributed by atoms with Crippen LogP contribution in [0.4, 0.5) is 0 Å². The molecule has 0 spiro atoms. The van der Waals surface area contributed by atoms with E-state index in [2.05, 4.69) is 52.5 Å². The van der Waals surface area contributed by atoms with Crippen molar-refractivity contribution in [1.29, 1.82) is 0 Å². The molecule has 0 rings (SSSR count). The molecule has 0 amide bonds. The molecule has 19 heavy (non-hydrogen) atoms. The summed E-state index contributed by atoms with van der Waals surface area (Å²) in [6.45, 7) is 16.0. The van der Waals surface area contributed by atoms with Gasteiger partial charge in [-0.25, -0.2) is 0 Å². The number of rotatable bonds is 10. The molecule has 0 aliphatic rings. The van der Waals surface area contributed by atoms with E-state index in [1.165, 1.54) is 44.9 Å². The van der Waals surface area contributed by atoms with Crippen molar-refractivity contribution in [3.63, 3.8) is 0 Å². The molecule has 0 unspecified atom stereocenters. The minimum absolute atomic E-state index is 0.292. The summed E-state index contributed by atoms with van der Waals surface area (Å²) in [5, 5.41) is 0. The van der Waals surface area contributed by atoms with Gasteiger partial charge in [0.2, 0.25) is 0 Å². The highest BCUT2D eigenvalue weighted by Crippen LogP contribution is 2.23. The molecule has 0 aliphatic carbocycles. The highest BCUT2D eigenvalue weighted by molar-refractivity contribution is 5.06. The van der Waals surface area contributed by atoms with Gasteiger partial charge in [0, 0.05) is 18.8 Å². The Morgan fingerprint density at radius 1 is 0.842 bits per heavy atom. The number of unbranched alkanes of at least 4 members (excludes halogenated alkanes) is 5. The predicted octanol–water partition coefficient (Wildman–Crippen LogP) is 6.01. The topological polar surface area (TPSA) is 3.24 Å². The maximum absolute atomic E-state index is 2.53. The maximum Gasteiger partial charge on any atom is 0.0146 e. The third-order valence-electron chi connectivity index (χ3n) is 3.56. The van der Waals surface area contributed by atoms with Crippen molar-refractivity contribution in [2.24, 2.45) is 5.41 Å². The van der Waals surface area contributed by atoms with E-state index in [0.29, 0.717) is 5.41 Å². The average molecular weight is 268 g/mol. The van der Waals surface area contributed by atoms with Gasteiger partial charge in [0.1, 0.15) is 0 Å². The van der Waals surface area contributed by atoms with Crippen LogP contribution in [0.2, 0.25) is 0 Å². The van der Waals surface area contributed by atoms with E-state index in [0.717, 1.165) is 13.1 Å². The van der Waals surface area contributed by atoms with Gasteiger partial charge in [-0.15, -0.1) is 0 Å². The summed E-state index contributed by atoms with van der Waals surface area (Å²) in [6, 6.07) is 0. The van der Waals surface area contributed by atoms with Crippen LogP contribution in [0.5, 0.6) is 0 Å². The third-order valence-corrected chi connectivity index (χ3v) is 3.56. The second kappa shape index (κ2) is 10.3. The van der Waals surface area contributed by atoms with Crippen molar-refractivity contribution in [3.8, 4) is 0 Å². The highest BCUT2D eigenvalue weighted by atomic mass is 15.1. The van der Waals surface area contributed by atoms with E-state index in [1.807, 2.05) is 0 Å². The van der Waals surface area contributed by atoms with Crippen molar-refractivity contribution in [2.45, 2.75) is 86.5 Å². The number of hydrogen-bond acceptors (Lipinski definition) is 1. The molecule has 1 heteroatoms. The molecule has 0 fully saturated rings. The lowest BCUT2D eigenvalue weighted by Gasteiger charge is -2.27. The second-order valence-corrected chi connectivity index (χ2v) is 6.69. The lowest BCUT2D eigenvalue weighted by Crippen LogP contribution is -2.23. The fraction of sp³-hybridized carbons (Fsp3) is 0.889. The molecule has 0 aromatic carbocycles. The van der Waals surface area contributed by atoms with Crippen LogP contribution < -0.4 is 0 Å². The predicted molar refractivity (Wildman–Crippen MR) is 88.5 cm³/mol. The monoisotopic (exact) mass is 267 g/mol. The van der Waals surface area contributed by atoms with Gasteiger partial charge in [-0.1, -0.05) is 65.9 Å². The first kappa shape index (κ1) is 18.5. The van der Waals surface area contributed by atoms with Crippen LogP contribution in [-0.4, -0.2) is 18.0 Å². The van der Waals surface area contributed by atoms with Crippen molar-refractivity contribution in [3.05, 3.63) is 11.8 Å². The molecule has 0 bridgehead atoms. The molecule has 0 saturated carbocycles. The van der Waals surface area contributed by atoms with E-state index in [9.17, 15) is 0 Å². The zero-order chi connectivity index (χ0) is 14.7. The van der Waals surface area contributed by atoms with Gasteiger partial charge in [0.05, 0.1) is 0 Å². The molecular weight excluding hydrogens is 230 g/mol. The minimum atomic E-state index is 0.292. The Morgan fingerprint density at radius 3 is 1.84 bits per heavy atom. The molecule has 0 aromatic rings. The molecule has 0 aromatic heterocycles. The first-order valence-electron chi connectivity index (χ1n) is 8.41. The zero-order valence-corrected chi connectivity index (χ0v) is 14.4. The SMILES string of the molecule is CCCCCCCCC(=CC(C)(C)C)N(CC)CC. The summed E-state index contributed by atoms with van der Waals surface area (Å²) in [7, 11) is 0. The smallest absolute Gasteiger partial charge is 0.0146 e. The number of nitrogens with zero attached hydrogens (tertiary/aromatic N) is 1. The largest absolute Gasteiger partial charge is 0.376 e. The van der Waals surface area contributed by atoms with E-state index < -0.39 is 0 Å². The Labute approximate surface area is 122 Å². The summed E-state index contributed by atoms with van der Waals surface area (Å²) in [5.41, 5.74) is 1.85. The molecule has 0 heterocycles. The second-order valence-electron chi connectivity index (χ2n) is 6.69. The van der Waals surface area contributed by atoms with Crippen molar-refractivity contribution < 1.29 is 0 Å². The lowest BCUT2D eigenvalue weighted by molar-refractivity contribution is 0.352. The van der Waals surface area contributed by atoms with E-state index in [1.54, 1.807) is 5.70 Å². The summed E-state index contributed by atoms with van der Waals surface area (Å²) >= 11 is 0. The third kappa shape index (κ3) is 10.0. The number of hydrogen-bond donors (Lipinski definition) is 0. The Hall–Kier alpha value is -0.460. The molecular formula is C18H37N. The molecule has 0 atom stereocenters. The van der Waals surface area contributed by atoms with Gasteiger partial charge >= 0.3 is 0 Å². The molecule has 0 N–H and O–H groups in total. The van der Waals surface area contributed by atoms with Crippen LogP contribution in [0, 0.1) is 5.41 Å². The molecule has 114 valence electrons. The quantitative estimate of drug-likeness (QED) is 0.438. The van der Waals surface area contributed by atoms with Gasteiger partial charge in [0.15, 0.2) is 0 Å². The Kier molecular flexibility index (Phi) is 10.1. The fourth-order valence-electron chi connectivity index (χ4n) is 2.54. The van der Waals surface area contributed by atoms with Crippen LogP contribution in [0.1, 0.15) is 86.5 Å². The number of allylic oxidation sites excluding steroid dienone is 2. The van der Waals surface area contributed by atoms with E-state index in [-0.39, 0.29) is 0 Å². The first-order chi connectivity index (χ1) is 8.94. The highest BCUT2D eigenvalue weighted by Gasteiger charge is 2.12. The summed E-state index contributed by atoms with van der Waals surface area (Å²) in [6.07, 6.45) is 12.0. The van der Waals surface area contributed by atoms with Crippen LogP contribution in [0.15, 0.2) is 11.8 Å². The van der Waals surface area contributed by atoms with Crippen molar-refractivity contribution in [2.75, 3.05) is 13.1 Å². The van der Waals surface area contributed by atoms with E-state index in [4.69, 9.17) is 0 Å². The van der Waals surface area contributed by atoms with Crippen molar-refractivity contribution >= 4 is 0 Å². The maximum atomic E-state index is 2.53. The Morgan fingerprint density at radius 2 is 1.37 bits per heavy atom. The summed E-state index contributed by atoms with van der Waals surface area (Å²) < 4.78 is 0. The normalized spacial score (nSPS) is 12.8. The lowest BCUT2D eigenvalue weighted by atomic mass is 9.93. The molecule has 0 aliphatic heterocycles. The van der Waals surface area contributed by atoms with Crippen LogP contribution in [-0.2, 0) is 0 Å². The minimum Gasteiger partial charge on any atom is -0.376 e. The fourth-order valence-corrected chi connectivity index (χ4v) is 2.54. The van der Waals surface area contributed by atoms with E-state index >= 15 is 0 Å². The standard InChI is InChI=1S/C18H37N/c1-7-10-11-12-13-14-15-17(16-18(4,5)6)19(8-2)9-3/h16H,7-15H2,1-6H3. The Bertz CT molecular complexity index is 231. The average Bonchev–Trinajstić information content (AvgIpc) is 2.33. The van der Waals surface area contributed by atoms with Gasteiger partial charge < -0.3 is 4.90 Å². The molecule has 0 saturated heterocycles. The van der Waals surface area contributed by atoms with Gasteiger partial charge in [-0.2, -0.15) is 0 Å². The van der Waals surface area contributed by atoms with Gasteiger partial charge in [-0.3, -0.25) is 0 Å². The molecule has 0 radical (unpaired) electrons. The van der Waals surface area contributed by atoms with Crippen LogP contribution >= 0.6 is 0 Å². The van der Waals surface area contributed by atoms with Crippen LogP contribution in [0.25, 0.3) is 0 Å². The first-order valence-corrected chi connectivity index (χ1v) is 8.41. The van der Waals surface area contributed by atoms with Gasteiger partial charge in [0.25, 0.3) is 0 Å². The van der Waals surface area contributed by atoms with Crippen molar-refractivity contribution in [1.82, 2.24) is 4.90 Å².